The average Bonchev–Trinajstić information content (AvgIpc) is 3.12. The molecule has 0 radical (unpaired) electrons. The van der Waals surface area contributed by atoms with Gasteiger partial charge in [0.25, 0.3) is 5.91 Å². The van der Waals surface area contributed by atoms with Crippen molar-refractivity contribution in [2.24, 2.45) is 0 Å². The molecule has 9 heteroatoms. The van der Waals surface area contributed by atoms with E-state index in [1.54, 1.807) is 17.2 Å². The molecule has 1 aromatic carbocycles. The number of carbonyl (C=O) groups excluding carboxylic acids is 1. The summed E-state index contributed by atoms with van der Waals surface area (Å²) in [5.41, 5.74) is 3.03. The number of hydrogen-bond acceptors (Lipinski definition) is 3. The molecule has 1 atom stereocenters. The normalized spacial score (nSPS) is 19.5. The highest BCUT2D eigenvalue weighted by atomic mass is 35.5. The Bertz CT molecular complexity index is 927. The first-order chi connectivity index (χ1) is 13.4. The molecule has 28 heavy (non-hydrogen) atoms. The first-order valence-corrected chi connectivity index (χ1v) is 11.2. The van der Waals surface area contributed by atoms with Gasteiger partial charge in [0.1, 0.15) is 5.82 Å². The lowest BCUT2D eigenvalue weighted by molar-refractivity contribution is 0.0705. The van der Waals surface area contributed by atoms with Crippen molar-refractivity contribution in [3.63, 3.8) is 0 Å². The Balaban J connectivity index is 1.46. The van der Waals surface area contributed by atoms with E-state index in [2.05, 4.69) is 10.2 Å². The fourth-order valence-corrected chi connectivity index (χ4v) is 4.97. The highest BCUT2D eigenvalue weighted by molar-refractivity contribution is 7.81. The van der Waals surface area contributed by atoms with Crippen molar-refractivity contribution in [3.05, 3.63) is 51.6 Å². The van der Waals surface area contributed by atoms with Crippen molar-refractivity contribution in [1.82, 2.24) is 19.4 Å². The van der Waals surface area contributed by atoms with Crippen LogP contribution in [0.15, 0.2) is 18.2 Å². The van der Waals surface area contributed by atoms with Gasteiger partial charge >= 0.3 is 0 Å². The zero-order valence-corrected chi connectivity index (χ0v) is 17.2. The Hall–Kier alpha value is -1.77. The molecule has 1 saturated heterocycles. The Morgan fingerprint density at radius 1 is 1.32 bits per heavy atom. The van der Waals surface area contributed by atoms with Crippen LogP contribution in [0.4, 0.5) is 4.39 Å². The summed E-state index contributed by atoms with van der Waals surface area (Å²) in [6.07, 6.45) is 3.81. The number of nitrogens with zero attached hydrogens (tertiary/aromatic N) is 3. The van der Waals surface area contributed by atoms with Gasteiger partial charge in [-0.3, -0.25) is 9.89 Å². The Morgan fingerprint density at radius 3 is 2.79 bits per heavy atom. The number of fused-ring (bicyclic) bond motifs is 1. The minimum atomic E-state index is -1.08. The van der Waals surface area contributed by atoms with Gasteiger partial charge in [0.2, 0.25) is 0 Å². The van der Waals surface area contributed by atoms with Gasteiger partial charge in [-0.1, -0.05) is 11.6 Å². The highest BCUT2D eigenvalue weighted by Crippen LogP contribution is 2.34. The van der Waals surface area contributed by atoms with Gasteiger partial charge in [-0.15, -0.1) is 0 Å². The number of likely N-dealkylation sites (tertiary alicyclic amines) is 1. The SMILES string of the molecule is CS(=O)N1CCc2[nH]nc(C(=O)N3CCC(c4cc(F)ccc4Cl)CC3)c2C1. The van der Waals surface area contributed by atoms with E-state index >= 15 is 0 Å². The van der Waals surface area contributed by atoms with Crippen LogP contribution in [0.1, 0.15) is 46.1 Å². The number of benzene rings is 1. The highest BCUT2D eigenvalue weighted by Gasteiger charge is 2.31. The maximum Gasteiger partial charge on any atom is 0.274 e. The molecule has 1 N–H and O–H groups in total. The molecule has 1 unspecified atom stereocenters. The second kappa shape index (κ2) is 7.93. The molecule has 150 valence electrons. The van der Waals surface area contributed by atoms with Gasteiger partial charge in [-0.25, -0.2) is 12.9 Å². The van der Waals surface area contributed by atoms with Crippen molar-refractivity contribution in [2.45, 2.75) is 31.7 Å². The third kappa shape index (κ3) is 3.73. The molecule has 6 nitrogen and oxygen atoms in total. The number of amides is 1. The van der Waals surface area contributed by atoms with E-state index < -0.39 is 11.0 Å². The summed E-state index contributed by atoms with van der Waals surface area (Å²) in [6, 6.07) is 4.44. The minimum Gasteiger partial charge on any atom is -0.337 e. The molecule has 2 aromatic rings. The summed E-state index contributed by atoms with van der Waals surface area (Å²) in [4.78, 5) is 14.8. The summed E-state index contributed by atoms with van der Waals surface area (Å²) in [7, 11) is -1.08. The fourth-order valence-electron chi connectivity index (χ4n) is 4.04. The number of aromatic amines is 1. The number of hydrogen-bond donors (Lipinski definition) is 1. The number of H-pyrrole nitrogens is 1. The summed E-state index contributed by atoms with van der Waals surface area (Å²) < 4.78 is 27.2. The van der Waals surface area contributed by atoms with Crippen molar-refractivity contribution < 1.29 is 13.4 Å². The molecular weight excluding hydrogens is 403 g/mol. The number of nitrogens with one attached hydrogen (secondary N) is 1. The van der Waals surface area contributed by atoms with Crippen molar-refractivity contribution >= 4 is 28.5 Å². The number of rotatable bonds is 3. The van der Waals surface area contributed by atoms with Gasteiger partial charge in [0.15, 0.2) is 5.69 Å². The summed E-state index contributed by atoms with van der Waals surface area (Å²) in [5, 5.41) is 7.80. The van der Waals surface area contributed by atoms with Crippen LogP contribution in [0.5, 0.6) is 0 Å². The van der Waals surface area contributed by atoms with Crippen LogP contribution >= 0.6 is 11.6 Å². The molecule has 0 saturated carbocycles. The average molecular weight is 425 g/mol. The van der Waals surface area contributed by atoms with Crippen LogP contribution in [0.3, 0.4) is 0 Å². The van der Waals surface area contributed by atoms with Crippen molar-refractivity contribution in [3.8, 4) is 0 Å². The molecule has 0 spiro atoms. The number of aromatic nitrogens is 2. The van der Waals surface area contributed by atoms with Crippen molar-refractivity contribution in [1.29, 1.82) is 0 Å². The summed E-state index contributed by atoms with van der Waals surface area (Å²) in [6.45, 7) is 2.29. The smallest absolute Gasteiger partial charge is 0.274 e. The number of carbonyl (C=O) groups is 1. The van der Waals surface area contributed by atoms with E-state index in [9.17, 15) is 13.4 Å². The maximum absolute atomic E-state index is 13.6. The predicted octanol–water partition coefficient (Wildman–Crippen LogP) is 2.87. The molecule has 1 aromatic heterocycles. The maximum atomic E-state index is 13.6. The lowest BCUT2D eigenvalue weighted by Gasteiger charge is -2.32. The molecule has 4 rings (SSSR count). The van der Waals surface area contributed by atoms with E-state index in [0.29, 0.717) is 43.3 Å². The van der Waals surface area contributed by atoms with Crippen LogP contribution in [0.2, 0.25) is 5.02 Å². The third-order valence-electron chi connectivity index (χ3n) is 5.64. The van der Waals surface area contributed by atoms with Gasteiger partial charge in [0, 0.05) is 55.1 Å². The molecule has 0 aliphatic carbocycles. The largest absolute Gasteiger partial charge is 0.337 e. The van der Waals surface area contributed by atoms with Crippen LogP contribution in [0, 0.1) is 5.82 Å². The Kier molecular flexibility index (Phi) is 5.53. The van der Waals surface area contributed by atoms with Gasteiger partial charge in [-0.2, -0.15) is 5.10 Å². The van der Waals surface area contributed by atoms with Gasteiger partial charge in [0.05, 0.1) is 11.0 Å². The quantitative estimate of drug-likeness (QED) is 0.823. The van der Waals surface area contributed by atoms with E-state index in [4.69, 9.17) is 11.6 Å². The summed E-state index contributed by atoms with van der Waals surface area (Å²) in [5.74, 6) is -0.262. The second-order valence-electron chi connectivity index (χ2n) is 7.30. The predicted molar refractivity (Wildman–Crippen MR) is 106 cm³/mol. The molecular formula is C19H22ClFN4O2S. The number of piperidine rings is 1. The van der Waals surface area contributed by atoms with Gasteiger partial charge in [-0.05, 0) is 42.5 Å². The second-order valence-corrected chi connectivity index (χ2v) is 9.07. The van der Waals surface area contributed by atoms with E-state index in [1.807, 2.05) is 4.31 Å². The monoisotopic (exact) mass is 424 g/mol. The van der Waals surface area contributed by atoms with Crippen molar-refractivity contribution in [2.75, 3.05) is 25.9 Å². The zero-order valence-electron chi connectivity index (χ0n) is 15.6. The van der Waals surface area contributed by atoms with E-state index in [0.717, 1.165) is 29.7 Å². The lowest BCUT2D eigenvalue weighted by atomic mass is 9.89. The van der Waals surface area contributed by atoms with E-state index in [-0.39, 0.29) is 17.6 Å². The molecule has 3 heterocycles. The lowest BCUT2D eigenvalue weighted by Crippen LogP contribution is -2.39. The summed E-state index contributed by atoms with van der Waals surface area (Å²) >= 11 is 6.24. The van der Waals surface area contributed by atoms with Crippen LogP contribution in [-0.4, -0.2) is 55.4 Å². The first kappa shape index (κ1) is 19.5. The van der Waals surface area contributed by atoms with Crippen LogP contribution in [0.25, 0.3) is 0 Å². The van der Waals surface area contributed by atoms with Crippen LogP contribution in [-0.2, 0) is 24.0 Å². The zero-order chi connectivity index (χ0) is 19.8. The fraction of sp³-hybridized carbons (Fsp3) is 0.474. The van der Waals surface area contributed by atoms with Crippen LogP contribution < -0.4 is 0 Å². The third-order valence-corrected chi connectivity index (χ3v) is 7.03. The minimum absolute atomic E-state index is 0.106. The molecule has 2 aliphatic heterocycles. The Morgan fingerprint density at radius 2 is 2.07 bits per heavy atom. The first-order valence-electron chi connectivity index (χ1n) is 9.33. The topological polar surface area (TPSA) is 69.3 Å². The van der Waals surface area contributed by atoms with Gasteiger partial charge < -0.3 is 4.90 Å². The molecule has 1 fully saturated rings. The Labute approximate surface area is 170 Å². The molecule has 1 amide bonds. The number of halogens is 2. The molecule has 0 bridgehead atoms. The van der Waals surface area contributed by atoms with E-state index in [1.165, 1.54) is 12.1 Å². The molecule has 2 aliphatic rings. The standard InChI is InChI=1S/C19H22ClFN4O2S/c1-28(27)25-9-6-17-15(11-25)18(23-22-17)19(26)24-7-4-12(5-8-24)14-10-13(21)2-3-16(14)20/h2-3,10,12H,4-9,11H2,1H3,(H,22,23).